The maximum atomic E-state index is 4.18. The minimum atomic E-state index is 0.727. The zero-order chi connectivity index (χ0) is 13.1. The molecule has 1 aliphatic rings. The number of piperidine rings is 1. The molecule has 1 fully saturated rings. The Morgan fingerprint density at radius 3 is 3.11 bits per heavy atom. The highest BCUT2D eigenvalue weighted by molar-refractivity contribution is 5.90. The van der Waals surface area contributed by atoms with Crippen molar-refractivity contribution in [3.63, 3.8) is 0 Å². The Hall–Kier alpha value is -1.68. The normalized spacial score (nSPS) is 19.5. The van der Waals surface area contributed by atoms with Gasteiger partial charge in [-0.3, -0.25) is 0 Å². The molecule has 1 unspecified atom stereocenters. The van der Waals surface area contributed by atoms with Gasteiger partial charge in [-0.15, -0.1) is 0 Å². The summed E-state index contributed by atoms with van der Waals surface area (Å²) in [6.45, 7) is 3.36. The first-order valence-corrected chi connectivity index (χ1v) is 6.97. The van der Waals surface area contributed by atoms with Gasteiger partial charge < -0.3 is 10.2 Å². The molecule has 1 N–H and O–H groups in total. The van der Waals surface area contributed by atoms with E-state index in [0.717, 1.165) is 24.5 Å². The van der Waals surface area contributed by atoms with Gasteiger partial charge in [0.1, 0.15) is 0 Å². The third-order valence-corrected chi connectivity index (χ3v) is 3.87. The van der Waals surface area contributed by atoms with Crippen LogP contribution in [-0.2, 0) is 0 Å². The summed E-state index contributed by atoms with van der Waals surface area (Å²) in [4.78, 5) is 2.31. The Bertz CT molecular complexity index is 543. The lowest BCUT2D eigenvalue weighted by atomic mass is 9.99. The molecule has 4 nitrogen and oxygen atoms in total. The lowest BCUT2D eigenvalue weighted by Gasteiger charge is -2.29. The lowest BCUT2D eigenvalue weighted by Crippen LogP contribution is -2.37. The van der Waals surface area contributed by atoms with E-state index in [2.05, 4.69) is 39.6 Å². The summed E-state index contributed by atoms with van der Waals surface area (Å²) in [5.41, 5.74) is 2.14. The van der Waals surface area contributed by atoms with E-state index in [1.54, 1.807) is 0 Å². The maximum Gasteiger partial charge on any atom is 0.0950 e. The highest BCUT2D eigenvalue weighted by atomic mass is 15.2. The van der Waals surface area contributed by atoms with Crippen LogP contribution >= 0.6 is 0 Å². The van der Waals surface area contributed by atoms with Crippen molar-refractivity contribution in [3.8, 4) is 0 Å². The van der Waals surface area contributed by atoms with Gasteiger partial charge in [-0.1, -0.05) is 18.2 Å². The fourth-order valence-corrected chi connectivity index (χ4v) is 2.86. The number of hydrogen-bond acceptors (Lipinski definition) is 4. The molecule has 2 heterocycles. The zero-order valence-corrected chi connectivity index (χ0v) is 11.3. The molecule has 0 spiro atoms. The molecular formula is C15H20N4. The van der Waals surface area contributed by atoms with Crippen LogP contribution < -0.4 is 10.2 Å². The molecule has 1 aliphatic heterocycles. The number of rotatable bonds is 3. The van der Waals surface area contributed by atoms with Gasteiger partial charge in [-0.05, 0) is 37.9 Å². The van der Waals surface area contributed by atoms with E-state index >= 15 is 0 Å². The minimum Gasteiger partial charge on any atom is -0.372 e. The van der Waals surface area contributed by atoms with E-state index < -0.39 is 0 Å². The van der Waals surface area contributed by atoms with E-state index in [1.807, 2.05) is 18.3 Å². The van der Waals surface area contributed by atoms with Crippen LogP contribution in [0, 0.1) is 5.92 Å². The standard InChI is InChI=1S/C15H20N4/c1-19(11-12-5-4-8-16-9-12)15-10-17-18-14-7-3-2-6-13(14)15/h2-3,6-7,10,12,16H,4-5,8-9,11H2,1H3. The van der Waals surface area contributed by atoms with Crippen LogP contribution in [0.1, 0.15) is 12.8 Å². The molecule has 1 aromatic carbocycles. The van der Waals surface area contributed by atoms with Crippen LogP contribution in [0.4, 0.5) is 5.69 Å². The van der Waals surface area contributed by atoms with Gasteiger partial charge in [0.2, 0.25) is 0 Å². The Morgan fingerprint density at radius 2 is 2.26 bits per heavy atom. The van der Waals surface area contributed by atoms with Crippen molar-refractivity contribution < 1.29 is 0 Å². The van der Waals surface area contributed by atoms with Gasteiger partial charge in [0, 0.05) is 19.0 Å². The van der Waals surface area contributed by atoms with Crippen molar-refractivity contribution in [2.45, 2.75) is 12.8 Å². The van der Waals surface area contributed by atoms with Gasteiger partial charge in [-0.25, -0.2) is 0 Å². The predicted octanol–water partition coefficient (Wildman–Crippen LogP) is 2.07. The Balaban J connectivity index is 1.82. The Kier molecular flexibility index (Phi) is 3.60. The molecule has 19 heavy (non-hydrogen) atoms. The summed E-state index contributed by atoms with van der Waals surface area (Å²) in [5.74, 6) is 0.727. The molecule has 3 rings (SSSR count). The highest BCUT2D eigenvalue weighted by Crippen LogP contribution is 2.24. The molecule has 0 radical (unpaired) electrons. The van der Waals surface area contributed by atoms with Gasteiger partial charge in [-0.2, -0.15) is 10.2 Å². The molecule has 2 aromatic rings. The molecule has 100 valence electrons. The summed E-state index contributed by atoms with van der Waals surface area (Å²) >= 11 is 0. The monoisotopic (exact) mass is 256 g/mol. The second-order valence-electron chi connectivity index (χ2n) is 5.34. The topological polar surface area (TPSA) is 41.0 Å². The van der Waals surface area contributed by atoms with Gasteiger partial charge >= 0.3 is 0 Å². The quantitative estimate of drug-likeness (QED) is 0.912. The van der Waals surface area contributed by atoms with E-state index in [-0.39, 0.29) is 0 Å². The second-order valence-corrected chi connectivity index (χ2v) is 5.34. The molecule has 0 bridgehead atoms. The summed E-state index contributed by atoms with van der Waals surface area (Å²) in [5, 5.41) is 13.0. The van der Waals surface area contributed by atoms with Gasteiger partial charge in [0.05, 0.1) is 17.4 Å². The largest absolute Gasteiger partial charge is 0.372 e. The second kappa shape index (κ2) is 5.53. The van der Waals surface area contributed by atoms with E-state index in [9.17, 15) is 0 Å². The first kappa shape index (κ1) is 12.4. The summed E-state index contributed by atoms with van der Waals surface area (Å²) in [7, 11) is 2.15. The molecule has 1 atom stereocenters. The fourth-order valence-electron chi connectivity index (χ4n) is 2.86. The third-order valence-electron chi connectivity index (χ3n) is 3.87. The number of nitrogens with one attached hydrogen (secondary N) is 1. The van der Waals surface area contributed by atoms with Crippen molar-refractivity contribution in [1.29, 1.82) is 0 Å². The number of hydrogen-bond donors (Lipinski definition) is 1. The third kappa shape index (κ3) is 2.68. The summed E-state index contributed by atoms with van der Waals surface area (Å²) < 4.78 is 0. The van der Waals surface area contributed by atoms with Crippen LogP contribution in [0.5, 0.6) is 0 Å². The van der Waals surface area contributed by atoms with Gasteiger partial charge in [0.15, 0.2) is 0 Å². The fraction of sp³-hybridized carbons (Fsp3) is 0.467. The number of anilines is 1. The number of fused-ring (bicyclic) bond motifs is 1. The number of nitrogens with zero attached hydrogens (tertiary/aromatic N) is 3. The molecule has 4 heteroatoms. The van der Waals surface area contributed by atoms with E-state index in [0.29, 0.717) is 0 Å². The molecule has 0 amide bonds. The van der Waals surface area contributed by atoms with Crippen LogP contribution in [0.15, 0.2) is 30.5 Å². The van der Waals surface area contributed by atoms with Gasteiger partial charge in [0.25, 0.3) is 0 Å². The lowest BCUT2D eigenvalue weighted by molar-refractivity contribution is 0.381. The summed E-state index contributed by atoms with van der Waals surface area (Å²) in [6, 6.07) is 8.20. The number of benzene rings is 1. The van der Waals surface area contributed by atoms with Crippen molar-refractivity contribution in [2.24, 2.45) is 5.92 Å². The van der Waals surface area contributed by atoms with Crippen molar-refractivity contribution in [3.05, 3.63) is 30.5 Å². The summed E-state index contributed by atoms with van der Waals surface area (Å²) in [6.07, 6.45) is 4.47. The zero-order valence-electron chi connectivity index (χ0n) is 11.3. The van der Waals surface area contributed by atoms with E-state index in [1.165, 1.54) is 30.5 Å². The van der Waals surface area contributed by atoms with Crippen LogP contribution in [0.2, 0.25) is 0 Å². The first-order chi connectivity index (χ1) is 9.34. The van der Waals surface area contributed by atoms with Crippen molar-refractivity contribution in [2.75, 3.05) is 31.6 Å². The molecule has 1 aromatic heterocycles. The average Bonchev–Trinajstić information content (AvgIpc) is 2.47. The van der Waals surface area contributed by atoms with Crippen LogP contribution in [-0.4, -0.2) is 36.9 Å². The van der Waals surface area contributed by atoms with Crippen LogP contribution in [0.3, 0.4) is 0 Å². The Labute approximate surface area is 113 Å². The highest BCUT2D eigenvalue weighted by Gasteiger charge is 2.16. The maximum absolute atomic E-state index is 4.18. The molecule has 0 saturated carbocycles. The average molecular weight is 256 g/mol. The van der Waals surface area contributed by atoms with Crippen molar-refractivity contribution >= 4 is 16.6 Å². The Morgan fingerprint density at radius 1 is 1.37 bits per heavy atom. The molecular weight excluding hydrogens is 236 g/mol. The minimum absolute atomic E-state index is 0.727. The number of aromatic nitrogens is 2. The molecule has 0 aliphatic carbocycles. The van der Waals surface area contributed by atoms with E-state index in [4.69, 9.17) is 0 Å². The van der Waals surface area contributed by atoms with Crippen molar-refractivity contribution in [1.82, 2.24) is 15.5 Å². The van der Waals surface area contributed by atoms with Crippen LogP contribution in [0.25, 0.3) is 10.9 Å². The first-order valence-electron chi connectivity index (χ1n) is 6.97. The smallest absolute Gasteiger partial charge is 0.0950 e. The predicted molar refractivity (Wildman–Crippen MR) is 78.4 cm³/mol. The molecule has 1 saturated heterocycles. The SMILES string of the molecule is CN(CC1CCCNC1)c1cnnc2ccccc12.